The molecule has 0 amide bonds. The molecule has 46 valence electrons. The van der Waals surface area contributed by atoms with Crippen molar-refractivity contribution in [2.24, 2.45) is 5.92 Å². The second-order valence-electron chi connectivity index (χ2n) is 2.95. The Balaban J connectivity index is 2.28. The molecule has 1 rings (SSSR count). The van der Waals surface area contributed by atoms with E-state index in [4.69, 9.17) is 0 Å². The Hall–Kier alpha value is 0.0249. The minimum Gasteiger partial charge on any atom is -0.317 e. The number of hydrogen-bond donors (Lipinski definition) is 1. The Labute approximate surface area is 52.3 Å². The van der Waals surface area contributed by atoms with Gasteiger partial charge in [0, 0.05) is 0 Å². The van der Waals surface area contributed by atoms with Crippen LogP contribution in [-0.4, -0.2) is 20.9 Å². The number of rotatable bonds is 0. The fourth-order valence-corrected chi connectivity index (χ4v) is 1.15. The third-order valence-electron chi connectivity index (χ3n) is 2.21. The molecule has 1 heterocycles. The fourth-order valence-electron chi connectivity index (χ4n) is 1.15. The van der Waals surface area contributed by atoms with Gasteiger partial charge in [0.25, 0.3) is 0 Å². The maximum atomic E-state index is 3.36. The summed E-state index contributed by atoms with van der Waals surface area (Å²) in [6.07, 6.45) is 1.36. The van der Waals surface area contributed by atoms with Crippen LogP contribution in [-0.2, 0) is 0 Å². The highest BCUT2D eigenvalue weighted by Crippen LogP contribution is 2.19. The zero-order valence-corrected chi connectivity index (χ0v) is 5.78. The molecule has 0 radical (unpaired) electrons. The third-order valence-corrected chi connectivity index (χ3v) is 2.21. The molecule has 0 spiro atoms. The molecule has 0 bridgehead atoms. The molecule has 1 nitrogen and oxygen atoms in total. The third kappa shape index (κ3) is 1.25. The topological polar surface area (TPSA) is 12.0 Å². The van der Waals surface area contributed by atoms with E-state index in [0.29, 0.717) is 0 Å². The van der Waals surface area contributed by atoms with Gasteiger partial charge < -0.3 is 5.32 Å². The summed E-state index contributed by atoms with van der Waals surface area (Å²) in [5, 5.41) is 3.36. The summed E-state index contributed by atoms with van der Waals surface area (Å²) in [6.45, 7) is 4.79. The lowest BCUT2D eigenvalue weighted by Gasteiger charge is -2.25. The second kappa shape index (κ2) is 2.54. The maximum absolute atomic E-state index is 3.36. The largest absolute Gasteiger partial charge is 0.317 e. The Morgan fingerprint density at radius 3 is 2.75 bits per heavy atom. The Bertz CT molecular complexity index is 64.9. The first-order valence-electron chi connectivity index (χ1n) is 3.51. The second-order valence-corrected chi connectivity index (χ2v) is 2.95. The lowest BCUT2D eigenvalue weighted by Crippen LogP contribution is -2.31. The van der Waals surface area contributed by atoms with Gasteiger partial charge >= 0.3 is 0 Å². The molecule has 1 fully saturated rings. The van der Waals surface area contributed by atoms with E-state index < -0.39 is 0 Å². The smallest absolute Gasteiger partial charge is 0.107 e. The van der Waals surface area contributed by atoms with Crippen LogP contribution < -0.4 is 5.32 Å². The summed E-state index contributed by atoms with van der Waals surface area (Å²) < 4.78 is 0. The normalized spacial score (nSPS) is 39.6. The van der Waals surface area contributed by atoms with E-state index in [1.54, 1.807) is 0 Å². The summed E-state index contributed by atoms with van der Waals surface area (Å²) in [5.41, 5.74) is 0. The van der Waals surface area contributed by atoms with Gasteiger partial charge in [0.2, 0.25) is 0 Å². The molecular formula is C6H14BN. The minimum absolute atomic E-state index is 0.892. The van der Waals surface area contributed by atoms with E-state index in [1.165, 1.54) is 19.5 Å². The minimum atomic E-state index is 0.892. The first-order valence-corrected chi connectivity index (χ1v) is 3.51. The number of piperidine rings is 1. The maximum Gasteiger partial charge on any atom is 0.107 e. The molecule has 0 aliphatic carbocycles. The van der Waals surface area contributed by atoms with Gasteiger partial charge in [-0.25, -0.2) is 0 Å². The zero-order valence-electron chi connectivity index (χ0n) is 5.78. The van der Waals surface area contributed by atoms with Gasteiger partial charge in [-0.3, -0.25) is 0 Å². The molecule has 1 aliphatic rings. The van der Waals surface area contributed by atoms with Crippen molar-refractivity contribution in [1.29, 1.82) is 0 Å². The van der Waals surface area contributed by atoms with Crippen LogP contribution in [0.4, 0.5) is 0 Å². The number of nitrogens with one attached hydrogen (secondary N) is 1. The lowest BCUT2D eigenvalue weighted by atomic mass is 9.74. The van der Waals surface area contributed by atoms with Gasteiger partial charge in [-0.15, -0.1) is 0 Å². The van der Waals surface area contributed by atoms with E-state index in [2.05, 4.69) is 20.1 Å². The van der Waals surface area contributed by atoms with Crippen LogP contribution in [0.15, 0.2) is 0 Å². The van der Waals surface area contributed by atoms with Gasteiger partial charge in [-0.2, -0.15) is 0 Å². The van der Waals surface area contributed by atoms with Gasteiger partial charge in [-0.1, -0.05) is 12.7 Å². The molecule has 8 heavy (non-hydrogen) atoms. The average molecular weight is 111 g/mol. The molecule has 1 aliphatic heterocycles. The van der Waals surface area contributed by atoms with E-state index in [-0.39, 0.29) is 0 Å². The van der Waals surface area contributed by atoms with Crippen LogP contribution in [0.1, 0.15) is 13.3 Å². The molecular weight excluding hydrogens is 96.9 g/mol. The standard InChI is InChI=1S/C6H14BN/c1-5-2-3-8-4-6(5)7/h5-6,8H,2-4,7H2,1H3. The van der Waals surface area contributed by atoms with Crippen LogP contribution in [0.2, 0.25) is 5.82 Å². The summed E-state index contributed by atoms with van der Waals surface area (Å²) in [4.78, 5) is 0. The summed E-state index contributed by atoms with van der Waals surface area (Å²) in [7, 11) is 2.32. The van der Waals surface area contributed by atoms with Crippen molar-refractivity contribution < 1.29 is 0 Å². The van der Waals surface area contributed by atoms with Crippen LogP contribution in [0.25, 0.3) is 0 Å². The first kappa shape index (κ1) is 6.15. The van der Waals surface area contributed by atoms with Gasteiger partial charge in [0.15, 0.2) is 0 Å². The van der Waals surface area contributed by atoms with Gasteiger partial charge in [-0.05, 0) is 25.4 Å². The molecule has 0 aromatic heterocycles. The molecule has 2 atom stereocenters. The van der Waals surface area contributed by atoms with Crippen molar-refractivity contribution in [3.63, 3.8) is 0 Å². The van der Waals surface area contributed by atoms with E-state index >= 15 is 0 Å². The highest BCUT2D eigenvalue weighted by atomic mass is 14.9. The predicted molar refractivity (Wildman–Crippen MR) is 38.9 cm³/mol. The molecule has 2 unspecified atom stereocenters. The Morgan fingerprint density at radius 1 is 1.62 bits per heavy atom. The SMILES string of the molecule is BC1CNCCC1C. The van der Waals surface area contributed by atoms with Crippen molar-refractivity contribution in [3.8, 4) is 0 Å². The van der Waals surface area contributed by atoms with Crippen molar-refractivity contribution in [1.82, 2.24) is 5.32 Å². The van der Waals surface area contributed by atoms with Crippen molar-refractivity contribution >= 4 is 7.85 Å². The highest BCUT2D eigenvalue weighted by Gasteiger charge is 2.14. The lowest BCUT2D eigenvalue weighted by molar-refractivity contribution is 0.402. The van der Waals surface area contributed by atoms with Gasteiger partial charge in [0.05, 0.1) is 0 Å². The highest BCUT2D eigenvalue weighted by molar-refractivity contribution is 6.12. The van der Waals surface area contributed by atoms with Crippen LogP contribution in [0.3, 0.4) is 0 Å². The summed E-state index contributed by atoms with van der Waals surface area (Å²) >= 11 is 0. The molecule has 0 aromatic carbocycles. The molecule has 1 N–H and O–H groups in total. The van der Waals surface area contributed by atoms with Crippen LogP contribution in [0.5, 0.6) is 0 Å². The summed E-state index contributed by atoms with van der Waals surface area (Å²) in [5.74, 6) is 1.83. The van der Waals surface area contributed by atoms with E-state index in [0.717, 1.165) is 11.7 Å². The van der Waals surface area contributed by atoms with Gasteiger partial charge in [0.1, 0.15) is 7.85 Å². The van der Waals surface area contributed by atoms with Crippen LogP contribution >= 0.6 is 0 Å². The van der Waals surface area contributed by atoms with Crippen molar-refractivity contribution in [2.45, 2.75) is 19.2 Å². The zero-order chi connectivity index (χ0) is 5.98. The van der Waals surface area contributed by atoms with Crippen molar-refractivity contribution in [3.05, 3.63) is 0 Å². The van der Waals surface area contributed by atoms with Crippen LogP contribution in [0, 0.1) is 5.92 Å². The predicted octanol–water partition coefficient (Wildman–Crippen LogP) is 0.0374. The van der Waals surface area contributed by atoms with E-state index in [9.17, 15) is 0 Å². The molecule has 0 aromatic rings. The fraction of sp³-hybridized carbons (Fsp3) is 1.00. The molecule has 0 saturated carbocycles. The monoisotopic (exact) mass is 111 g/mol. The molecule has 2 heteroatoms. The quantitative estimate of drug-likeness (QED) is 0.435. The van der Waals surface area contributed by atoms with Crippen molar-refractivity contribution in [2.75, 3.05) is 13.1 Å². The summed E-state index contributed by atoms with van der Waals surface area (Å²) in [6, 6.07) is 0. The molecule has 1 saturated heterocycles. The Kier molecular flexibility index (Phi) is 1.95. The average Bonchev–Trinajstić information content (AvgIpc) is 1.77. The Morgan fingerprint density at radius 2 is 2.38 bits per heavy atom. The first-order chi connectivity index (χ1) is 3.80. The number of hydrogen-bond acceptors (Lipinski definition) is 1. The van der Waals surface area contributed by atoms with E-state index in [1.807, 2.05) is 0 Å².